The van der Waals surface area contributed by atoms with Crippen molar-refractivity contribution < 1.29 is 24.5 Å². The molecule has 164 valence electrons. The quantitative estimate of drug-likeness (QED) is 0.638. The SMILES string of the molecule is CCOC(=O)CC(O)CC(O)CCc1c(C)cc(C(C)(C)C)c2c1OC(C)(C)C2. The lowest BCUT2D eigenvalue weighted by atomic mass is 9.79. The van der Waals surface area contributed by atoms with E-state index in [0.717, 1.165) is 17.7 Å². The van der Waals surface area contributed by atoms with Gasteiger partial charge in [-0.1, -0.05) is 26.8 Å². The van der Waals surface area contributed by atoms with Crippen LogP contribution in [-0.2, 0) is 27.8 Å². The van der Waals surface area contributed by atoms with Crippen LogP contribution in [0.4, 0.5) is 0 Å². The van der Waals surface area contributed by atoms with Crippen molar-refractivity contribution >= 4 is 5.97 Å². The average molecular weight is 407 g/mol. The Labute approximate surface area is 175 Å². The molecule has 5 nitrogen and oxygen atoms in total. The molecular formula is C24H38O5. The molecule has 2 unspecified atom stereocenters. The molecule has 0 radical (unpaired) electrons. The van der Waals surface area contributed by atoms with Gasteiger partial charge in [-0.3, -0.25) is 4.79 Å². The number of fused-ring (bicyclic) bond motifs is 1. The molecule has 1 heterocycles. The van der Waals surface area contributed by atoms with E-state index in [1.807, 2.05) is 0 Å². The zero-order valence-corrected chi connectivity index (χ0v) is 19.1. The van der Waals surface area contributed by atoms with Crippen LogP contribution in [0.3, 0.4) is 0 Å². The van der Waals surface area contributed by atoms with Gasteiger partial charge in [0.25, 0.3) is 0 Å². The predicted molar refractivity (Wildman–Crippen MR) is 114 cm³/mol. The van der Waals surface area contributed by atoms with Crippen molar-refractivity contribution in [3.8, 4) is 5.75 Å². The van der Waals surface area contributed by atoms with Gasteiger partial charge in [0, 0.05) is 12.0 Å². The molecule has 0 bridgehead atoms. The van der Waals surface area contributed by atoms with Crippen LogP contribution in [-0.4, -0.2) is 40.6 Å². The third-order valence-corrected chi connectivity index (χ3v) is 5.48. The Morgan fingerprint density at radius 2 is 1.93 bits per heavy atom. The number of aliphatic hydroxyl groups is 2. The molecule has 1 aliphatic heterocycles. The first-order valence-corrected chi connectivity index (χ1v) is 10.7. The Balaban J connectivity index is 2.12. The Morgan fingerprint density at radius 3 is 2.52 bits per heavy atom. The topological polar surface area (TPSA) is 76.0 Å². The van der Waals surface area contributed by atoms with E-state index in [4.69, 9.17) is 9.47 Å². The van der Waals surface area contributed by atoms with Gasteiger partial charge >= 0.3 is 5.97 Å². The second kappa shape index (κ2) is 9.05. The Kier molecular flexibility index (Phi) is 7.39. The summed E-state index contributed by atoms with van der Waals surface area (Å²) in [6, 6.07) is 2.26. The molecule has 2 N–H and O–H groups in total. The number of hydrogen-bond acceptors (Lipinski definition) is 5. The third-order valence-electron chi connectivity index (χ3n) is 5.48. The first kappa shape index (κ1) is 23.7. The zero-order chi connectivity index (χ0) is 22.0. The highest BCUT2D eigenvalue weighted by atomic mass is 16.5. The van der Waals surface area contributed by atoms with Gasteiger partial charge < -0.3 is 19.7 Å². The molecule has 1 aromatic carbocycles. The minimum atomic E-state index is -0.894. The fourth-order valence-electron chi connectivity index (χ4n) is 4.13. The summed E-state index contributed by atoms with van der Waals surface area (Å²) >= 11 is 0. The van der Waals surface area contributed by atoms with Crippen molar-refractivity contribution in [3.63, 3.8) is 0 Å². The molecule has 5 heteroatoms. The van der Waals surface area contributed by atoms with E-state index in [9.17, 15) is 15.0 Å². The van der Waals surface area contributed by atoms with E-state index in [2.05, 4.69) is 47.6 Å². The number of rotatable bonds is 8. The molecule has 0 fully saturated rings. The van der Waals surface area contributed by atoms with Crippen LogP contribution in [0.15, 0.2) is 6.07 Å². The van der Waals surface area contributed by atoms with E-state index in [0.29, 0.717) is 19.4 Å². The lowest BCUT2D eigenvalue weighted by molar-refractivity contribution is -0.145. The van der Waals surface area contributed by atoms with Crippen molar-refractivity contribution in [2.45, 2.75) is 104 Å². The van der Waals surface area contributed by atoms with Gasteiger partial charge in [-0.25, -0.2) is 0 Å². The Bertz CT molecular complexity index is 730. The maximum atomic E-state index is 11.5. The Hall–Kier alpha value is -1.59. The first-order valence-electron chi connectivity index (χ1n) is 10.7. The lowest BCUT2D eigenvalue weighted by Crippen LogP contribution is -2.25. The van der Waals surface area contributed by atoms with Crippen LogP contribution in [0.2, 0.25) is 0 Å². The summed E-state index contributed by atoms with van der Waals surface area (Å²) in [5, 5.41) is 20.4. The molecule has 2 atom stereocenters. The first-order chi connectivity index (χ1) is 13.3. The van der Waals surface area contributed by atoms with E-state index in [1.54, 1.807) is 6.92 Å². The summed E-state index contributed by atoms with van der Waals surface area (Å²) in [5.41, 5.74) is 4.71. The highest BCUT2D eigenvalue weighted by Crippen LogP contribution is 2.45. The third kappa shape index (κ3) is 6.19. The number of benzene rings is 1. The maximum absolute atomic E-state index is 11.5. The summed E-state index contributed by atoms with van der Waals surface area (Å²) in [6.45, 7) is 15.0. The molecule has 2 rings (SSSR count). The summed E-state index contributed by atoms with van der Waals surface area (Å²) in [5.74, 6) is 0.536. The van der Waals surface area contributed by atoms with Crippen molar-refractivity contribution in [2.75, 3.05) is 6.61 Å². The molecule has 0 saturated carbocycles. The monoisotopic (exact) mass is 406 g/mol. The normalized spacial score (nSPS) is 17.4. The van der Waals surface area contributed by atoms with Crippen LogP contribution in [0.5, 0.6) is 5.75 Å². The molecule has 1 aliphatic rings. The molecule has 0 spiro atoms. The van der Waals surface area contributed by atoms with Gasteiger partial charge in [-0.2, -0.15) is 0 Å². The van der Waals surface area contributed by atoms with Crippen molar-refractivity contribution in [2.24, 2.45) is 0 Å². The molecular weight excluding hydrogens is 368 g/mol. The minimum Gasteiger partial charge on any atom is -0.487 e. The summed E-state index contributed by atoms with van der Waals surface area (Å²) in [7, 11) is 0. The number of aliphatic hydroxyl groups excluding tert-OH is 2. The largest absolute Gasteiger partial charge is 0.487 e. The van der Waals surface area contributed by atoms with Gasteiger partial charge in [0.15, 0.2) is 0 Å². The molecule has 29 heavy (non-hydrogen) atoms. The highest BCUT2D eigenvalue weighted by Gasteiger charge is 2.36. The molecule has 0 aromatic heterocycles. The van der Waals surface area contributed by atoms with E-state index < -0.39 is 18.2 Å². The number of carbonyl (C=O) groups excluding carboxylic acids is 1. The smallest absolute Gasteiger partial charge is 0.308 e. The predicted octanol–water partition coefficient (Wildman–Crippen LogP) is 4.00. The van der Waals surface area contributed by atoms with Crippen molar-refractivity contribution in [3.05, 3.63) is 28.3 Å². The second-order valence-electron chi connectivity index (χ2n) is 9.91. The van der Waals surface area contributed by atoms with Crippen LogP contribution in [0, 0.1) is 6.92 Å². The molecule has 0 aliphatic carbocycles. The van der Waals surface area contributed by atoms with E-state index >= 15 is 0 Å². The van der Waals surface area contributed by atoms with Crippen molar-refractivity contribution in [1.29, 1.82) is 0 Å². The maximum Gasteiger partial charge on any atom is 0.308 e. The van der Waals surface area contributed by atoms with Gasteiger partial charge in [0.2, 0.25) is 0 Å². The average Bonchev–Trinajstić information content (AvgIpc) is 2.87. The summed E-state index contributed by atoms with van der Waals surface area (Å²) in [4.78, 5) is 11.5. The van der Waals surface area contributed by atoms with Crippen LogP contribution in [0.25, 0.3) is 0 Å². The summed E-state index contributed by atoms with van der Waals surface area (Å²) in [6.07, 6.45) is 0.542. The number of esters is 1. The number of hydrogen-bond donors (Lipinski definition) is 2. The molecule has 0 saturated heterocycles. The Morgan fingerprint density at radius 1 is 1.28 bits per heavy atom. The minimum absolute atomic E-state index is 0.0356. The standard InChI is InChI=1S/C24H38O5/c1-8-28-21(27)13-17(26)12-16(25)9-10-18-15(2)11-20(23(3,4)5)19-14-24(6,7)29-22(18)19/h11,16-17,25-26H,8-10,12-14H2,1-7H3. The van der Waals surface area contributed by atoms with Crippen molar-refractivity contribution in [1.82, 2.24) is 0 Å². The zero-order valence-electron chi connectivity index (χ0n) is 19.1. The van der Waals surface area contributed by atoms with Gasteiger partial charge in [-0.05, 0) is 69.1 Å². The highest BCUT2D eigenvalue weighted by molar-refractivity contribution is 5.69. The van der Waals surface area contributed by atoms with Crippen LogP contribution >= 0.6 is 0 Å². The van der Waals surface area contributed by atoms with Crippen LogP contribution in [0.1, 0.15) is 83.1 Å². The second-order valence-corrected chi connectivity index (χ2v) is 9.91. The van der Waals surface area contributed by atoms with E-state index in [1.165, 1.54) is 16.7 Å². The van der Waals surface area contributed by atoms with Gasteiger partial charge in [-0.15, -0.1) is 0 Å². The van der Waals surface area contributed by atoms with Crippen LogP contribution < -0.4 is 4.74 Å². The fraction of sp³-hybridized carbons (Fsp3) is 0.708. The van der Waals surface area contributed by atoms with E-state index in [-0.39, 0.29) is 23.9 Å². The number of carbonyl (C=O) groups is 1. The molecule has 0 amide bonds. The van der Waals surface area contributed by atoms with Gasteiger partial charge in [0.1, 0.15) is 11.4 Å². The number of ether oxygens (including phenoxy) is 2. The fourth-order valence-corrected chi connectivity index (χ4v) is 4.13. The number of aryl methyl sites for hydroxylation is 1. The lowest BCUT2D eigenvalue weighted by Gasteiger charge is -2.25. The summed E-state index contributed by atoms with van der Waals surface area (Å²) < 4.78 is 11.2. The molecule has 1 aromatic rings. The van der Waals surface area contributed by atoms with Gasteiger partial charge in [0.05, 0.1) is 25.2 Å².